The van der Waals surface area contributed by atoms with Crippen molar-refractivity contribution in [1.29, 1.82) is 0 Å². The molecule has 0 bridgehead atoms. The molecule has 0 amide bonds. The van der Waals surface area contributed by atoms with E-state index >= 15 is 0 Å². The maximum atomic E-state index is 9.45. The largest absolute Gasteiger partial charge is 0.394 e. The highest BCUT2D eigenvalue weighted by molar-refractivity contribution is 4.96. The maximum Gasteiger partial charge on any atom is 0.0777 e. The number of aliphatic hydroxyl groups is 1. The first-order valence-electron chi connectivity index (χ1n) is 7.19. The van der Waals surface area contributed by atoms with Gasteiger partial charge in [0.25, 0.3) is 0 Å². The van der Waals surface area contributed by atoms with E-state index in [9.17, 15) is 5.11 Å². The minimum atomic E-state index is -0.357. The van der Waals surface area contributed by atoms with Crippen molar-refractivity contribution in [3.05, 3.63) is 0 Å². The minimum Gasteiger partial charge on any atom is -0.394 e. The fourth-order valence-electron chi connectivity index (χ4n) is 3.54. The van der Waals surface area contributed by atoms with Gasteiger partial charge in [-0.1, -0.05) is 0 Å². The number of likely N-dealkylation sites (tertiary alicyclic amines) is 1. The van der Waals surface area contributed by atoms with Crippen molar-refractivity contribution in [3.8, 4) is 0 Å². The third-order valence-electron chi connectivity index (χ3n) is 4.87. The maximum absolute atomic E-state index is 9.45. The molecular formula is C14H28N2O2. The molecule has 1 heterocycles. The molecule has 1 saturated heterocycles. The van der Waals surface area contributed by atoms with Gasteiger partial charge < -0.3 is 15.6 Å². The molecule has 18 heavy (non-hydrogen) atoms. The summed E-state index contributed by atoms with van der Waals surface area (Å²) < 4.78 is 5.66. The third kappa shape index (κ3) is 3.05. The summed E-state index contributed by atoms with van der Waals surface area (Å²) in [7, 11) is 1.81. The number of hydrogen-bond acceptors (Lipinski definition) is 4. The number of aliphatic hydroxyl groups excluding tert-OH is 1. The number of ether oxygens (including phenoxy) is 1. The summed E-state index contributed by atoms with van der Waals surface area (Å²) >= 11 is 0. The highest BCUT2D eigenvalue weighted by Gasteiger charge is 2.39. The van der Waals surface area contributed by atoms with Crippen molar-refractivity contribution in [2.45, 2.75) is 62.6 Å². The van der Waals surface area contributed by atoms with Crippen LogP contribution in [-0.2, 0) is 4.74 Å². The highest BCUT2D eigenvalue weighted by atomic mass is 16.5. The van der Waals surface area contributed by atoms with E-state index in [0.717, 1.165) is 38.8 Å². The molecule has 4 nitrogen and oxygen atoms in total. The monoisotopic (exact) mass is 256 g/mol. The predicted molar refractivity (Wildman–Crippen MR) is 72.5 cm³/mol. The molecule has 0 aromatic heterocycles. The van der Waals surface area contributed by atoms with Crippen LogP contribution in [0.5, 0.6) is 0 Å². The van der Waals surface area contributed by atoms with Crippen LogP contribution in [0, 0.1) is 0 Å². The van der Waals surface area contributed by atoms with E-state index < -0.39 is 0 Å². The Morgan fingerprint density at radius 3 is 2.83 bits per heavy atom. The molecule has 2 fully saturated rings. The Labute approximate surface area is 110 Å². The van der Waals surface area contributed by atoms with Gasteiger partial charge in [-0.05, 0) is 52.0 Å². The zero-order valence-electron chi connectivity index (χ0n) is 11.8. The number of rotatable bonds is 3. The van der Waals surface area contributed by atoms with Crippen molar-refractivity contribution in [3.63, 3.8) is 0 Å². The van der Waals surface area contributed by atoms with Gasteiger partial charge in [-0.2, -0.15) is 0 Å². The normalized spacial score (nSPS) is 43.0. The summed E-state index contributed by atoms with van der Waals surface area (Å²) in [6.45, 7) is 4.45. The molecule has 0 aromatic carbocycles. The van der Waals surface area contributed by atoms with Gasteiger partial charge in [-0.3, -0.25) is 4.90 Å². The van der Waals surface area contributed by atoms with E-state index in [1.54, 1.807) is 0 Å². The first-order valence-corrected chi connectivity index (χ1v) is 7.19. The standard InChI is InChI=1S/C14H28N2O2/c1-13(18-2)6-4-8-16(10-13)12-5-3-7-14(15,9-12)11-17/h12,17H,3-11,15H2,1-2H3. The van der Waals surface area contributed by atoms with E-state index in [0.29, 0.717) is 6.04 Å². The lowest BCUT2D eigenvalue weighted by molar-refractivity contribution is -0.0691. The molecule has 4 heteroatoms. The second-order valence-corrected chi connectivity index (χ2v) is 6.50. The summed E-state index contributed by atoms with van der Waals surface area (Å²) in [5.41, 5.74) is 5.88. The summed E-state index contributed by atoms with van der Waals surface area (Å²) in [6, 6.07) is 0.519. The van der Waals surface area contributed by atoms with E-state index in [-0.39, 0.29) is 17.7 Å². The summed E-state index contributed by atoms with van der Waals surface area (Å²) in [5, 5.41) is 9.45. The second-order valence-electron chi connectivity index (χ2n) is 6.50. The van der Waals surface area contributed by atoms with Crippen LogP contribution in [0.1, 0.15) is 45.4 Å². The van der Waals surface area contributed by atoms with Gasteiger partial charge in [0, 0.05) is 25.2 Å². The molecule has 0 aromatic rings. The minimum absolute atomic E-state index is 0.00777. The lowest BCUT2D eigenvalue weighted by atomic mass is 9.78. The molecular weight excluding hydrogens is 228 g/mol. The quantitative estimate of drug-likeness (QED) is 0.794. The Bertz CT molecular complexity index is 259. The average molecular weight is 256 g/mol. The highest BCUT2D eigenvalue weighted by Crippen LogP contribution is 2.33. The molecule has 0 radical (unpaired) electrons. The van der Waals surface area contributed by atoms with Crippen LogP contribution in [-0.4, -0.2) is 54.0 Å². The Hall–Kier alpha value is -0.160. The molecule has 3 atom stereocenters. The molecule has 3 N–H and O–H groups in total. The van der Waals surface area contributed by atoms with Gasteiger partial charge in [0.2, 0.25) is 0 Å². The van der Waals surface area contributed by atoms with Crippen LogP contribution >= 0.6 is 0 Å². The number of hydrogen-bond donors (Lipinski definition) is 2. The summed E-state index contributed by atoms with van der Waals surface area (Å²) in [4.78, 5) is 2.53. The molecule has 1 aliphatic heterocycles. The molecule has 2 rings (SSSR count). The van der Waals surface area contributed by atoms with Crippen LogP contribution in [0.25, 0.3) is 0 Å². The van der Waals surface area contributed by atoms with Crippen molar-refractivity contribution in [2.75, 3.05) is 26.8 Å². The van der Waals surface area contributed by atoms with E-state index in [2.05, 4.69) is 11.8 Å². The van der Waals surface area contributed by atoms with Gasteiger partial charge in [0.05, 0.1) is 12.2 Å². The van der Waals surface area contributed by atoms with Crippen LogP contribution in [0.4, 0.5) is 0 Å². The second kappa shape index (κ2) is 5.45. The molecule has 0 spiro atoms. The molecule has 1 saturated carbocycles. The van der Waals surface area contributed by atoms with Crippen molar-refractivity contribution < 1.29 is 9.84 Å². The average Bonchev–Trinajstić information content (AvgIpc) is 2.39. The van der Waals surface area contributed by atoms with Crippen LogP contribution in [0.3, 0.4) is 0 Å². The van der Waals surface area contributed by atoms with Gasteiger partial charge in [-0.15, -0.1) is 0 Å². The number of nitrogens with two attached hydrogens (primary N) is 1. The van der Waals surface area contributed by atoms with Crippen molar-refractivity contribution in [2.24, 2.45) is 5.73 Å². The Morgan fingerprint density at radius 1 is 1.39 bits per heavy atom. The SMILES string of the molecule is COC1(C)CCCN(C2CCCC(N)(CO)C2)C1. The summed E-state index contributed by atoms with van der Waals surface area (Å²) in [5.74, 6) is 0. The van der Waals surface area contributed by atoms with Crippen molar-refractivity contribution >= 4 is 0 Å². The van der Waals surface area contributed by atoms with Gasteiger partial charge in [0.1, 0.15) is 0 Å². The lowest BCUT2D eigenvalue weighted by Gasteiger charge is -2.47. The van der Waals surface area contributed by atoms with E-state index in [1.807, 2.05) is 7.11 Å². The Kier molecular flexibility index (Phi) is 4.32. The smallest absolute Gasteiger partial charge is 0.0777 e. The molecule has 2 aliphatic rings. The first-order chi connectivity index (χ1) is 8.50. The Balaban J connectivity index is 1.98. The van der Waals surface area contributed by atoms with Crippen molar-refractivity contribution in [1.82, 2.24) is 4.90 Å². The fourth-order valence-corrected chi connectivity index (χ4v) is 3.54. The number of nitrogens with zero attached hydrogens (tertiary/aromatic N) is 1. The van der Waals surface area contributed by atoms with Gasteiger partial charge in [-0.25, -0.2) is 0 Å². The van der Waals surface area contributed by atoms with Crippen LogP contribution in [0.15, 0.2) is 0 Å². The van der Waals surface area contributed by atoms with Gasteiger partial charge >= 0.3 is 0 Å². The molecule has 3 unspecified atom stereocenters. The Morgan fingerprint density at radius 2 is 2.17 bits per heavy atom. The fraction of sp³-hybridized carbons (Fsp3) is 1.00. The van der Waals surface area contributed by atoms with E-state index in [1.165, 1.54) is 12.8 Å². The van der Waals surface area contributed by atoms with Crippen LogP contribution < -0.4 is 5.73 Å². The third-order valence-corrected chi connectivity index (χ3v) is 4.87. The zero-order chi connectivity index (χ0) is 13.2. The zero-order valence-corrected chi connectivity index (χ0v) is 11.8. The number of methoxy groups -OCH3 is 1. The predicted octanol–water partition coefficient (Wildman–Crippen LogP) is 1.12. The summed E-state index contributed by atoms with van der Waals surface area (Å²) in [6.07, 6.45) is 6.54. The topological polar surface area (TPSA) is 58.7 Å². The molecule has 1 aliphatic carbocycles. The van der Waals surface area contributed by atoms with Gasteiger partial charge in [0.15, 0.2) is 0 Å². The lowest BCUT2D eigenvalue weighted by Crippen LogP contribution is -2.57. The molecule has 106 valence electrons. The number of piperidine rings is 1. The first kappa shape index (κ1) is 14.3. The van der Waals surface area contributed by atoms with Crippen LogP contribution in [0.2, 0.25) is 0 Å². The van der Waals surface area contributed by atoms with E-state index in [4.69, 9.17) is 10.5 Å².